The third-order valence-corrected chi connectivity index (χ3v) is 6.65. The highest BCUT2D eigenvalue weighted by Crippen LogP contribution is 2.47. The van der Waals surface area contributed by atoms with Crippen molar-refractivity contribution in [1.82, 2.24) is 20.0 Å². The van der Waals surface area contributed by atoms with Crippen LogP contribution in [-0.4, -0.2) is 69.6 Å². The minimum absolute atomic E-state index is 0.00977. The number of carbonyl (C=O) groups excluding carboxylic acids is 1. The zero-order valence-electron chi connectivity index (χ0n) is 19.6. The fourth-order valence-electron chi connectivity index (χ4n) is 4.18. The first-order chi connectivity index (χ1) is 15.7. The summed E-state index contributed by atoms with van der Waals surface area (Å²) >= 11 is 6.43. The van der Waals surface area contributed by atoms with Crippen molar-refractivity contribution < 1.29 is 19.1 Å². The van der Waals surface area contributed by atoms with Crippen LogP contribution in [0, 0.1) is 6.92 Å². The predicted octanol–water partition coefficient (Wildman–Crippen LogP) is 3.85. The van der Waals surface area contributed by atoms with Crippen molar-refractivity contribution in [2.45, 2.75) is 64.6 Å². The Balaban J connectivity index is 1.43. The molecule has 180 valence electrons. The summed E-state index contributed by atoms with van der Waals surface area (Å²) in [5.41, 5.74) is 2.55. The molecule has 1 atom stereocenters. The number of nitrogens with zero attached hydrogens (tertiary/aromatic N) is 4. The van der Waals surface area contributed by atoms with Gasteiger partial charge in [0.05, 0.1) is 18.1 Å². The molecule has 1 saturated heterocycles. The van der Waals surface area contributed by atoms with Crippen molar-refractivity contribution >= 4 is 29.4 Å². The second-order valence-electron chi connectivity index (χ2n) is 9.42. The van der Waals surface area contributed by atoms with E-state index in [0.717, 1.165) is 42.7 Å². The molecule has 1 saturated carbocycles. The van der Waals surface area contributed by atoms with E-state index in [2.05, 4.69) is 20.4 Å². The van der Waals surface area contributed by atoms with Gasteiger partial charge in [-0.1, -0.05) is 16.7 Å². The summed E-state index contributed by atoms with van der Waals surface area (Å²) in [5.74, 6) is 0.468. The summed E-state index contributed by atoms with van der Waals surface area (Å²) in [6.45, 7) is 10.6. The van der Waals surface area contributed by atoms with E-state index in [4.69, 9.17) is 20.8 Å². The number of aliphatic hydroxyl groups is 1. The van der Waals surface area contributed by atoms with Gasteiger partial charge in [-0.25, -0.2) is 4.79 Å². The van der Waals surface area contributed by atoms with Gasteiger partial charge in [0.15, 0.2) is 0 Å². The van der Waals surface area contributed by atoms with Crippen LogP contribution in [-0.2, 0) is 16.7 Å². The topological polar surface area (TPSA) is 104 Å². The lowest BCUT2D eigenvalue weighted by molar-refractivity contribution is 0.0349. The second kappa shape index (κ2) is 9.48. The number of amides is 1. The number of aliphatic hydroxyl groups excluding tert-OH is 1. The lowest BCUT2D eigenvalue weighted by Gasteiger charge is -2.39. The van der Waals surface area contributed by atoms with Gasteiger partial charge in [-0.2, -0.15) is 0 Å². The van der Waals surface area contributed by atoms with E-state index in [9.17, 15) is 9.90 Å². The second-order valence-corrected chi connectivity index (χ2v) is 9.86. The van der Waals surface area contributed by atoms with Crippen molar-refractivity contribution in [3.05, 3.63) is 34.2 Å². The standard InChI is InChI=1S/C23H32ClN5O4/c1-14(2)32-22(31)29-8-7-28(11-15(29)3)12-17-9-18(24)10-19(16(17)4)25-21-27-26-20(33-21)23(13-30)5-6-23/h9-10,14-15,30H,5-8,11-13H2,1-4H3,(H,25,27)/t15-/m0/s1. The van der Waals surface area contributed by atoms with Crippen LogP contribution in [0.3, 0.4) is 0 Å². The summed E-state index contributed by atoms with van der Waals surface area (Å²) in [6, 6.07) is 4.15. The number of benzene rings is 1. The Hall–Kier alpha value is -2.36. The number of aromatic nitrogens is 2. The largest absolute Gasteiger partial charge is 0.447 e. The number of hydrogen-bond donors (Lipinski definition) is 2. The zero-order valence-corrected chi connectivity index (χ0v) is 20.4. The quantitative estimate of drug-likeness (QED) is 0.619. The molecule has 2 N–H and O–H groups in total. The Morgan fingerprint density at radius 3 is 2.76 bits per heavy atom. The molecule has 0 bridgehead atoms. The molecule has 1 aliphatic carbocycles. The molecule has 2 aliphatic rings. The fourth-order valence-corrected chi connectivity index (χ4v) is 4.42. The number of anilines is 2. The Morgan fingerprint density at radius 2 is 2.12 bits per heavy atom. The van der Waals surface area contributed by atoms with Crippen LogP contribution < -0.4 is 5.32 Å². The van der Waals surface area contributed by atoms with E-state index in [-0.39, 0.29) is 36.3 Å². The Morgan fingerprint density at radius 1 is 1.36 bits per heavy atom. The first kappa shape index (κ1) is 23.8. The molecule has 0 radical (unpaired) electrons. The van der Waals surface area contributed by atoms with E-state index in [1.165, 1.54) is 0 Å². The number of hydrogen-bond acceptors (Lipinski definition) is 8. The van der Waals surface area contributed by atoms with Crippen molar-refractivity contribution in [2.75, 3.05) is 31.6 Å². The van der Waals surface area contributed by atoms with Crippen LogP contribution in [0.2, 0.25) is 5.02 Å². The maximum absolute atomic E-state index is 12.3. The van der Waals surface area contributed by atoms with Crippen LogP contribution in [0.4, 0.5) is 16.5 Å². The van der Waals surface area contributed by atoms with Gasteiger partial charge in [0.1, 0.15) is 0 Å². The maximum Gasteiger partial charge on any atom is 0.410 e. The highest BCUT2D eigenvalue weighted by atomic mass is 35.5. The predicted molar refractivity (Wildman–Crippen MR) is 125 cm³/mol. The number of halogens is 1. The SMILES string of the molecule is Cc1c(CN2CCN(C(=O)OC(C)C)[C@@H](C)C2)cc(Cl)cc1Nc1nnc(C2(CO)CC2)o1. The first-order valence-corrected chi connectivity index (χ1v) is 11.8. The van der Waals surface area contributed by atoms with Gasteiger partial charge in [0.25, 0.3) is 0 Å². The average molecular weight is 478 g/mol. The Labute approximate surface area is 199 Å². The summed E-state index contributed by atoms with van der Waals surface area (Å²) < 4.78 is 11.1. The van der Waals surface area contributed by atoms with Gasteiger partial charge in [-0.3, -0.25) is 4.90 Å². The Kier molecular flexibility index (Phi) is 6.83. The number of nitrogens with one attached hydrogen (secondary N) is 1. The van der Waals surface area contributed by atoms with Crippen LogP contribution in [0.15, 0.2) is 16.5 Å². The van der Waals surface area contributed by atoms with Crippen molar-refractivity contribution in [1.29, 1.82) is 0 Å². The van der Waals surface area contributed by atoms with Crippen LogP contribution >= 0.6 is 11.6 Å². The number of carbonyl (C=O) groups is 1. The molecule has 9 nitrogen and oxygen atoms in total. The molecule has 2 aromatic rings. The van der Waals surface area contributed by atoms with Crippen LogP contribution in [0.1, 0.15) is 50.6 Å². The molecule has 33 heavy (non-hydrogen) atoms. The summed E-state index contributed by atoms with van der Waals surface area (Å²) in [6.07, 6.45) is 1.32. The number of piperazine rings is 1. The molecule has 1 amide bonds. The van der Waals surface area contributed by atoms with E-state index < -0.39 is 0 Å². The lowest BCUT2D eigenvalue weighted by Crippen LogP contribution is -2.54. The maximum atomic E-state index is 12.3. The summed E-state index contributed by atoms with van der Waals surface area (Å²) in [7, 11) is 0. The highest BCUT2D eigenvalue weighted by molar-refractivity contribution is 6.31. The first-order valence-electron chi connectivity index (χ1n) is 11.4. The lowest BCUT2D eigenvalue weighted by atomic mass is 10.0. The van der Waals surface area contributed by atoms with Gasteiger partial charge in [-0.15, -0.1) is 5.10 Å². The van der Waals surface area contributed by atoms with Gasteiger partial charge in [0, 0.05) is 42.9 Å². The average Bonchev–Trinajstić information content (AvgIpc) is 3.41. The van der Waals surface area contributed by atoms with E-state index in [1.807, 2.05) is 39.8 Å². The van der Waals surface area contributed by atoms with Gasteiger partial charge >= 0.3 is 12.1 Å². The summed E-state index contributed by atoms with van der Waals surface area (Å²) in [5, 5.41) is 21.6. The van der Waals surface area contributed by atoms with E-state index >= 15 is 0 Å². The van der Waals surface area contributed by atoms with Gasteiger partial charge in [-0.05, 0) is 63.8 Å². The Bertz CT molecular complexity index is 1010. The monoisotopic (exact) mass is 477 g/mol. The van der Waals surface area contributed by atoms with Crippen LogP contribution in [0.5, 0.6) is 0 Å². The highest BCUT2D eigenvalue weighted by Gasteiger charge is 2.48. The smallest absolute Gasteiger partial charge is 0.410 e. The molecular weight excluding hydrogens is 446 g/mol. The molecular formula is C23H32ClN5O4. The molecule has 1 aromatic carbocycles. The molecule has 1 aromatic heterocycles. The van der Waals surface area contributed by atoms with Crippen molar-refractivity contribution in [3.63, 3.8) is 0 Å². The third-order valence-electron chi connectivity index (χ3n) is 6.43. The van der Waals surface area contributed by atoms with Gasteiger partial charge < -0.3 is 24.5 Å². The fraction of sp³-hybridized carbons (Fsp3) is 0.609. The number of ether oxygens (including phenoxy) is 1. The zero-order chi connectivity index (χ0) is 23.8. The van der Waals surface area contributed by atoms with Gasteiger partial charge in [0.2, 0.25) is 5.89 Å². The molecule has 0 unspecified atom stereocenters. The molecule has 4 rings (SSSR count). The van der Waals surface area contributed by atoms with E-state index in [0.29, 0.717) is 24.0 Å². The molecule has 10 heteroatoms. The molecule has 1 aliphatic heterocycles. The number of rotatable bonds is 7. The third kappa shape index (κ3) is 5.26. The minimum Gasteiger partial charge on any atom is -0.447 e. The molecule has 2 fully saturated rings. The van der Waals surface area contributed by atoms with Crippen molar-refractivity contribution in [3.8, 4) is 0 Å². The molecule has 2 heterocycles. The summed E-state index contributed by atoms with van der Waals surface area (Å²) in [4.78, 5) is 16.4. The molecule has 0 spiro atoms. The van der Waals surface area contributed by atoms with Crippen LogP contribution in [0.25, 0.3) is 0 Å². The van der Waals surface area contributed by atoms with E-state index in [1.54, 1.807) is 4.90 Å². The van der Waals surface area contributed by atoms with Crippen molar-refractivity contribution in [2.24, 2.45) is 0 Å². The normalized spacial score (nSPS) is 20.2. The minimum atomic E-state index is -0.373.